The minimum Gasteiger partial charge on any atom is -0.496 e. The second kappa shape index (κ2) is 13.3. The van der Waals surface area contributed by atoms with Gasteiger partial charge in [0.15, 0.2) is 0 Å². The lowest BCUT2D eigenvalue weighted by Gasteiger charge is -2.21. The number of esters is 2. The lowest BCUT2D eigenvalue weighted by atomic mass is 9.88. The van der Waals surface area contributed by atoms with Crippen LogP contribution in [0.3, 0.4) is 0 Å². The number of rotatable bonds is 12. The van der Waals surface area contributed by atoms with E-state index in [-0.39, 0.29) is 19.1 Å². The van der Waals surface area contributed by atoms with Gasteiger partial charge in [-0.2, -0.15) is 0 Å². The molecule has 1 atom stereocenters. The maximum absolute atomic E-state index is 12.2. The van der Waals surface area contributed by atoms with E-state index in [0.29, 0.717) is 29.0 Å². The predicted molar refractivity (Wildman–Crippen MR) is 134 cm³/mol. The molecule has 188 valence electrons. The van der Waals surface area contributed by atoms with Crippen molar-refractivity contribution in [2.24, 2.45) is 5.92 Å². The van der Waals surface area contributed by atoms with Crippen LogP contribution in [0.15, 0.2) is 60.7 Å². The van der Waals surface area contributed by atoms with Gasteiger partial charge in [-0.3, -0.25) is 4.79 Å². The van der Waals surface area contributed by atoms with E-state index in [2.05, 4.69) is 6.58 Å². The van der Waals surface area contributed by atoms with Crippen LogP contribution in [0.1, 0.15) is 54.8 Å². The molecule has 0 aliphatic rings. The third-order valence-corrected chi connectivity index (χ3v) is 5.39. The van der Waals surface area contributed by atoms with Crippen molar-refractivity contribution >= 4 is 17.5 Å². The number of benzene rings is 2. The first-order valence-electron chi connectivity index (χ1n) is 11.4. The topological polar surface area (TPSA) is 91.3 Å². The monoisotopic (exact) mass is 482 g/mol. The second-order valence-corrected chi connectivity index (χ2v) is 8.18. The first-order chi connectivity index (χ1) is 16.7. The van der Waals surface area contributed by atoms with E-state index in [1.165, 1.54) is 14.0 Å². The Balaban J connectivity index is 2.55. The molecule has 0 spiro atoms. The first kappa shape index (κ1) is 27.7. The highest BCUT2D eigenvalue weighted by molar-refractivity contribution is 5.92. The summed E-state index contributed by atoms with van der Waals surface area (Å²) in [7, 11) is 2.89. The molecule has 0 unspecified atom stereocenters. The van der Waals surface area contributed by atoms with Crippen molar-refractivity contribution in [1.82, 2.24) is 0 Å². The summed E-state index contributed by atoms with van der Waals surface area (Å²) in [5, 5.41) is 9.04. The molecule has 1 N–H and O–H groups in total. The molecule has 0 radical (unpaired) electrons. The molecular weight excluding hydrogens is 448 g/mol. The van der Waals surface area contributed by atoms with Crippen LogP contribution >= 0.6 is 0 Å². The highest BCUT2D eigenvalue weighted by Gasteiger charge is 2.20. The number of allylic oxidation sites excluding steroid dienone is 2. The highest BCUT2D eigenvalue weighted by Crippen LogP contribution is 2.36. The normalized spacial score (nSPS) is 12.1. The van der Waals surface area contributed by atoms with E-state index in [9.17, 15) is 9.59 Å². The summed E-state index contributed by atoms with van der Waals surface area (Å²) >= 11 is 0. The molecule has 2 aromatic carbocycles. The van der Waals surface area contributed by atoms with Crippen LogP contribution in [-0.2, 0) is 14.3 Å². The van der Waals surface area contributed by atoms with Crippen molar-refractivity contribution in [2.45, 2.75) is 33.3 Å². The molecule has 0 amide bonds. The number of aliphatic hydroxyl groups excluding tert-OH is 1. The van der Waals surface area contributed by atoms with Crippen LogP contribution in [-0.4, -0.2) is 44.5 Å². The van der Waals surface area contributed by atoms with E-state index in [0.717, 1.165) is 16.7 Å². The second-order valence-electron chi connectivity index (χ2n) is 8.18. The van der Waals surface area contributed by atoms with Crippen molar-refractivity contribution in [3.63, 3.8) is 0 Å². The van der Waals surface area contributed by atoms with Crippen LogP contribution in [0, 0.1) is 5.92 Å². The molecule has 0 aliphatic carbocycles. The Morgan fingerprint density at radius 2 is 1.86 bits per heavy atom. The fourth-order valence-corrected chi connectivity index (χ4v) is 3.53. The third-order valence-electron chi connectivity index (χ3n) is 5.39. The molecule has 0 aromatic heterocycles. The van der Waals surface area contributed by atoms with Crippen molar-refractivity contribution in [3.8, 4) is 11.5 Å². The highest BCUT2D eigenvalue weighted by atomic mass is 16.5. The van der Waals surface area contributed by atoms with Crippen LogP contribution in [0.2, 0.25) is 0 Å². The molecule has 0 heterocycles. The van der Waals surface area contributed by atoms with Gasteiger partial charge in [0, 0.05) is 18.9 Å². The Morgan fingerprint density at radius 1 is 1.11 bits per heavy atom. The minimum atomic E-state index is -0.588. The summed E-state index contributed by atoms with van der Waals surface area (Å²) in [5.41, 5.74) is 3.45. The van der Waals surface area contributed by atoms with Gasteiger partial charge < -0.3 is 24.1 Å². The summed E-state index contributed by atoms with van der Waals surface area (Å²) in [6.45, 7) is 9.74. The molecule has 35 heavy (non-hydrogen) atoms. The molecule has 2 rings (SSSR count). The van der Waals surface area contributed by atoms with Crippen molar-refractivity contribution in [1.29, 1.82) is 0 Å². The average Bonchev–Trinajstić information content (AvgIpc) is 2.85. The van der Waals surface area contributed by atoms with Crippen molar-refractivity contribution < 1.29 is 33.6 Å². The van der Waals surface area contributed by atoms with Crippen LogP contribution in [0.5, 0.6) is 11.5 Å². The Labute approximate surface area is 207 Å². The van der Waals surface area contributed by atoms with Crippen LogP contribution < -0.4 is 9.47 Å². The van der Waals surface area contributed by atoms with E-state index in [1.54, 1.807) is 43.5 Å². The summed E-state index contributed by atoms with van der Waals surface area (Å²) in [5.74, 6) is 0.377. The zero-order chi connectivity index (χ0) is 26.0. The summed E-state index contributed by atoms with van der Waals surface area (Å²) in [6, 6.07) is 12.3. The van der Waals surface area contributed by atoms with Gasteiger partial charge in [0.05, 0.1) is 26.4 Å². The van der Waals surface area contributed by atoms with Gasteiger partial charge in [-0.1, -0.05) is 38.6 Å². The van der Waals surface area contributed by atoms with Gasteiger partial charge in [-0.15, -0.1) is 0 Å². The average molecular weight is 483 g/mol. The largest absolute Gasteiger partial charge is 0.496 e. The molecule has 7 heteroatoms. The van der Waals surface area contributed by atoms with Crippen molar-refractivity contribution in [3.05, 3.63) is 77.4 Å². The van der Waals surface area contributed by atoms with Gasteiger partial charge in [-0.25, -0.2) is 4.79 Å². The van der Waals surface area contributed by atoms with Gasteiger partial charge in [-0.05, 0) is 53.0 Å². The molecule has 2 aromatic rings. The maximum atomic E-state index is 12.2. The Hall–Kier alpha value is -3.58. The molecule has 0 fully saturated rings. The predicted octanol–water partition coefficient (Wildman–Crippen LogP) is 5.14. The first-order valence-corrected chi connectivity index (χ1v) is 11.4. The lowest BCUT2D eigenvalue weighted by molar-refractivity contribution is -0.146. The molecular formula is C28H34O7. The molecule has 0 saturated heterocycles. The fourth-order valence-electron chi connectivity index (χ4n) is 3.53. The minimum absolute atomic E-state index is 0.104. The zero-order valence-corrected chi connectivity index (χ0v) is 21.0. The number of methoxy groups -OCH3 is 2. The SMILES string of the molecule is C=C(/C(=C/C[C@@H](OC(C)=O)c1cccc(OCCO)c1)c1cc(C(=O)OC)ccc1OC)C(C)C. The summed E-state index contributed by atoms with van der Waals surface area (Å²) in [6.07, 6.45) is 1.70. The number of hydrogen-bond acceptors (Lipinski definition) is 7. The van der Waals surface area contributed by atoms with E-state index < -0.39 is 18.0 Å². The number of hydrogen-bond donors (Lipinski definition) is 1. The van der Waals surface area contributed by atoms with Gasteiger partial charge in [0.25, 0.3) is 0 Å². The summed E-state index contributed by atoms with van der Waals surface area (Å²) < 4.78 is 21.6. The maximum Gasteiger partial charge on any atom is 0.337 e. The van der Waals surface area contributed by atoms with Gasteiger partial charge in [0.2, 0.25) is 0 Å². The number of carbonyl (C=O) groups is 2. The summed E-state index contributed by atoms with van der Waals surface area (Å²) in [4.78, 5) is 24.1. The fraction of sp³-hybridized carbons (Fsp3) is 0.357. The number of aliphatic hydroxyl groups is 1. The smallest absolute Gasteiger partial charge is 0.337 e. The Bertz CT molecular complexity index is 1070. The van der Waals surface area contributed by atoms with Crippen LogP contribution in [0.25, 0.3) is 5.57 Å². The number of carbonyl (C=O) groups excluding carboxylic acids is 2. The van der Waals surface area contributed by atoms with Crippen LogP contribution in [0.4, 0.5) is 0 Å². The lowest BCUT2D eigenvalue weighted by Crippen LogP contribution is -2.09. The zero-order valence-electron chi connectivity index (χ0n) is 21.0. The van der Waals surface area contributed by atoms with E-state index >= 15 is 0 Å². The van der Waals surface area contributed by atoms with E-state index in [1.807, 2.05) is 26.0 Å². The quantitative estimate of drug-likeness (QED) is 0.331. The molecule has 0 saturated carbocycles. The Morgan fingerprint density at radius 3 is 2.46 bits per heavy atom. The number of ether oxygens (including phenoxy) is 4. The van der Waals surface area contributed by atoms with Crippen molar-refractivity contribution in [2.75, 3.05) is 27.4 Å². The van der Waals surface area contributed by atoms with Gasteiger partial charge >= 0.3 is 11.9 Å². The van der Waals surface area contributed by atoms with E-state index in [4.69, 9.17) is 24.1 Å². The third kappa shape index (κ3) is 7.72. The molecule has 0 aliphatic heterocycles. The Kier molecular flexibility index (Phi) is 10.5. The molecule has 0 bridgehead atoms. The molecule has 7 nitrogen and oxygen atoms in total. The van der Waals surface area contributed by atoms with Gasteiger partial charge in [0.1, 0.15) is 24.2 Å². The standard InChI is InChI=1S/C28H34O7/c1-18(2)19(3)24(25-17-22(28(31)33-6)10-12-27(25)32-5)11-13-26(35-20(4)30)21-8-7-9-23(16-21)34-15-14-29/h7-12,16-18,26,29H,3,13-15H2,1-2,4-6H3/b24-11-/t26-/m1/s1.